The van der Waals surface area contributed by atoms with Gasteiger partial charge in [0.1, 0.15) is 11.6 Å². The molecule has 114 valence electrons. The minimum atomic E-state index is 0.251. The molecule has 0 saturated carbocycles. The first kappa shape index (κ1) is 14.7. The van der Waals surface area contributed by atoms with E-state index >= 15 is 0 Å². The summed E-state index contributed by atoms with van der Waals surface area (Å²) in [4.78, 5) is 2.89. The number of thiophene rings is 1. The highest BCUT2D eigenvalue weighted by atomic mass is 32.1. The summed E-state index contributed by atoms with van der Waals surface area (Å²) in [5, 5.41) is 12.3. The SMILES string of the molecule is CCCc1ccc(CNC(C)c2nnc3n2CCCC3)s1. The van der Waals surface area contributed by atoms with Gasteiger partial charge in [0.15, 0.2) is 0 Å². The van der Waals surface area contributed by atoms with Crippen LogP contribution in [0.15, 0.2) is 12.1 Å². The smallest absolute Gasteiger partial charge is 0.149 e. The van der Waals surface area contributed by atoms with E-state index in [-0.39, 0.29) is 6.04 Å². The molecule has 0 aromatic carbocycles. The minimum Gasteiger partial charge on any atom is -0.314 e. The quantitative estimate of drug-likeness (QED) is 0.888. The Morgan fingerprint density at radius 2 is 2.14 bits per heavy atom. The Morgan fingerprint density at radius 3 is 3.00 bits per heavy atom. The number of aromatic nitrogens is 3. The van der Waals surface area contributed by atoms with Gasteiger partial charge in [-0.1, -0.05) is 13.3 Å². The fraction of sp³-hybridized carbons (Fsp3) is 0.625. The lowest BCUT2D eigenvalue weighted by molar-refractivity contribution is 0.466. The zero-order valence-corrected chi connectivity index (χ0v) is 13.7. The van der Waals surface area contributed by atoms with Crippen molar-refractivity contribution < 1.29 is 0 Å². The average Bonchev–Trinajstić information content (AvgIpc) is 3.12. The van der Waals surface area contributed by atoms with Crippen LogP contribution in [0.25, 0.3) is 0 Å². The Labute approximate surface area is 130 Å². The molecule has 0 spiro atoms. The van der Waals surface area contributed by atoms with Crippen molar-refractivity contribution in [1.29, 1.82) is 0 Å². The molecule has 0 saturated heterocycles. The predicted octanol–water partition coefficient (Wildman–Crippen LogP) is 3.48. The molecule has 3 rings (SSSR count). The van der Waals surface area contributed by atoms with Gasteiger partial charge in [0.25, 0.3) is 0 Å². The number of nitrogens with one attached hydrogen (secondary N) is 1. The lowest BCUT2D eigenvalue weighted by Crippen LogP contribution is -2.23. The monoisotopic (exact) mass is 304 g/mol. The highest BCUT2D eigenvalue weighted by Crippen LogP contribution is 2.21. The van der Waals surface area contributed by atoms with E-state index in [0.717, 1.165) is 31.2 Å². The Balaban J connectivity index is 1.60. The van der Waals surface area contributed by atoms with Crippen molar-refractivity contribution >= 4 is 11.3 Å². The van der Waals surface area contributed by atoms with Crippen LogP contribution >= 0.6 is 11.3 Å². The maximum atomic E-state index is 4.40. The largest absolute Gasteiger partial charge is 0.314 e. The van der Waals surface area contributed by atoms with Crippen molar-refractivity contribution in [3.8, 4) is 0 Å². The molecule has 1 N–H and O–H groups in total. The molecule has 0 fully saturated rings. The van der Waals surface area contributed by atoms with Gasteiger partial charge >= 0.3 is 0 Å². The van der Waals surface area contributed by atoms with E-state index in [0.29, 0.717) is 0 Å². The number of fused-ring (bicyclic) bond motifs is 1. The summed E-state index contributed by atoms with van der Waals surface area (Å²) in [5.41, 5.74) is 0. The van der Waals surface area contributed by atoms with Crippen LogP contribution in [-0.2, 0) is 25.9 Å². The fourth-order valence-electron chi connectivity index (χ4n) is 2.89. The number of hydrogen-bond acceptors (Lipinski definition) is 4. The van der Waals surface area contributed by atoms with E-state index in [2.05, 4.69) is 46.1 Å². The molecule has 1 aliphatic rings. The number of hydrogen-bond donors (Lipinski definition) is 1. The molecule has 0 amide bonds. The zero-order valence-electron chi connectivity index (χ0n) is 12.9. The van der Waals surface area contributed by atoms with E-state index in [4.69, 9.17) is 0 Å². The maximum Gasteiger partial charge on any atom is 0.149 e. The summed E-state index contributed by atoms with van der Waals surface area (Å²) in [6.45, 7) is 6.40. The van der Waals surface area contributed by atoms with E-state index in [1.54, 1.807) is 0 Å². The van der Waals surface area contributed by atoms with Gasteiger partial charge in [-0.05, 0) is 38.3 Å². The summed E-state index contributed by atoms with van der Waals surface area (Å²) < 4.78 is 2.30. The summed E-state index contributed by atoms with van der Waals surface area (Å²) in [6.07, 6.45) is 5.98. The molecular weight excluding hydrogens is 280 g/mol. The predicted molar refractivity (Wildman–Crippen MR) is 86.5 cm³/mol. The molecule has 0 bridgehead atoms. The molecule has 21 heavy (non-hydrogen) atoms. The van der Waals surface area contributed by atoms with E-state index < -0.39 is 0 Å². The molecule has 0 aliphatic carbocycles. The zero-order chi connectivity index (χ0) is 14.7. The van der Waals surface area contributed by atoms with Crippen molar-refractivity contribution in [3.63, 3.8) is 0 Å². The molecule has 5 heteroatoms. The van der Waals surface area contributed by atoms with Gasteiger partial charge in [0.2, 0.25) is 0 Å². The van der Waals surface area contributed by atoms with Gasteiger partial charge in [-0.2, -0.15) is 0 Å². The van der Waals surface area contributed by atoms with Crippen LogP contribution in [0.3, 0.4) is 0 Å². The third-order valence-electron chi connectivity index (χ3n) is 4.07. The van der Waals surface area contributed by atoms with Crippen molar-refractivity contribution in [3.05, 3.63) is 33.5 Å². The Morgan fingerprint density at radius 1 is 1.29 bits per heavy atom. The van der Waals surface area contributed by atoms with Crippen LogP contribution in [-0.4, -0.2) is 14.8 Å². The third kappa shape index (κ3) is 3.35. The second-order valence-electron chi connectivity index (χ2n) is 5.80. The lowest BCUT2D eigenvalue weighted by atomic mass is 10.1. The van der Waals surface area contributed by atoms with Crippen molar-refractivity contribution in [1.82, 2.24) is 20.1 Å². The van der Waals surface area contributed by atoms with Gasteiger partial charge in [-0.3, -0.25) is 0 Å². The minimum absolute atomic E-state index is 0.251. The molecule has 4 nitrogen and oxygen atoms in total. The second kappa shape index (κ2) is 6.71. The van der Waals surface area contributed by atoms with Gasteiger partial charge in [0, 0.05) is 29.3 Å². The average molecular weight is 304 g/mol. The van der Waals surface area contributed by atoms with Crippen molar-refractivity contribution in [2.75, 3.05) is 0 Å². The van der Waals surface area contributed by atoms with Crippen molar-refractivity contribution in [2.24, 2.45) is 0 Å². The van der Waals surface area contributed by atoms with Crippen LogP contribution in [0.5, 0.6) is 0 Å². The van der Waals surface area contributed by atoms with Crippen molar-refractivity contribution in [2.45, 2.75) is 65.1 Å². The molecule has 1 unspecified atom stereocenters. The standard InChI is InChI=1S/C16H24N4S/c1-3-6-13-8-9-14(21-13)11-17-12(2)16-19-18-15-7-4-5-10-20(15)16/h8-9,12,17H,3-7,10-11H2,1-2H3. The molecule has 1 aliphatic heterocycles. The molecule has 2 aromatic rings. The highest BCUT2D eigenvalue weighted by molar-refractivity contribution is 7.11. The fourth-order valence-corrected chi connectivity index (χ4v) is 3.96. The third-order valence-corrected chi connectivity index (χ3v) is 5.22. The first-order valence-corrected chi connectivity index (χ1v) is 8.82. The summed E-state index contributed by atoms with van der Waals surface area (Å²) in [6, 6.07) is 4.75. The number of aryl methyl sites for hydroxylation is 2. The van der Waals surface area contributed by atoms with E-state index in [1.807, 2.05) is 11.3 Å². The molecule has 2 aromatic heterocycles. The Bertz CT molecular complexity index is 587. The molecule has 3 heterocycles. The first-order chi connectivity index (χ1) is 10.3. The van der Waals surface area contributed by atoms with E-state index in [9.17, 15) is 0 Å². The van der Waals surface area contributed by atoms with Crippen LogP contribution in [0.4, 0.5) is 0 Å². The van der Waals surface area contributed by atoms with Gasteiger partial charge in [-0.15, -0.1) is 21.5 Å². The van der Waals surface area contributed by atoms with Crippen LogP contribution in [0.1, 0.15) is 60.6 Å². The summed E-state index contributed by atoms with van der Waals surface area (Å²) in [7, 11) is 0. The second-order valence-corrected chi connectivity index (χ2v) is 7.06. The van der Waals surface area contributed by atoms with Gasteiger partial charge in [-0.25, -0.2) is 0 Å². The lowest BCUT2D eigenvalue weighted by Gasteiger charge is -2.18. The summed E-state index contributed by atoms with van der Waals surface area (Å²) >= 11 is 1.92. The highest BCUT2D eigenvalue weighted by Gasteiger charge is 2.19. The van der Waals surface area contributed by atoms with Crippen LogP contribution in [0, 0.1) is 0 Å². The summed E-state index contributed by atoms with van der Waals surface area (Å²) in [5.74, 6) is 2.25. The van der Waals surface area contributed by atoms with E-state index in [1.165, 1.54) is 35.4 Å². The number of rotatable bonds is 6. The first-order valence-electron chi connectivity index (χ1n) is 8.01. The molecule has 1 atom stereocenters. The Kier molecular flexibility index (Phi) is 4.70. The van der Waals surface area contributed by atoms with Gasteiger partial charge < -0.3 is 9.88 Å². The molecule has 0 radical (unpaired) electrons. The Hall–Kier alpha value is -1.20. The topological polar surface area (TPSA) is 42.7 Å². The van der Waals surface area contributed by atoms with Crippen LogP contribution < -0.4 is 5.32 Å². The van der Waals surface area contributed by atoms with Crippen LogP contribution in [0.2, 0.25) is 0 Å². The molecular formula is C16H24N4S. The number of nitrogens with zero attached hydrogens (tertiary/aromatic N) is 3. The van der Waals surface area contributed by atoms with Gasteiger partial charge in [0.05, 0.1) is 6.04 Å². The normalized spacial score (nSPS) is 15.9. The maximum absolute atomic E-state index is 4.40.